The third-order valence-electron chi connectivity index (χ3n) is 4.59. The van der Waals surface area contributed by atoms with Crippen molar-refractivity contribution in [3.63, 3.8) is 0 Å². The first-order valence-electron chi connectivity index (χ1n) is 8.52. The van der Waals surface area contributed by atoms with Gasteiger partial charge in [0.05, 0.1) is 0 Å². The second-order valence-corrected chi connectivity index (χ2v) is 9.26. The molecule has 23 heavy (non-hydrogen) atoms. The van der Waals surface area contributed by atoms with Crippen LogP contribution in [-0.2, 0) is 17.3 Å². The Morgan fingerprint density at radius 3 is 1.65 bits per heavy atom. The molecule has 0 fully saturated rings. The van der Waals surface area contributed by atoms with Gasteiger partial charge in [0.2, 0.25) is 0 Å². The molecule has 1 aromatic rings. The van der Waals surface area contributed by atoms with Crippen molar-refractivity contribution in [3.05, 3.63) is 33.7 Å². The molecular formula is C20H34N2O. The quantitative estimate of drug-likeness (QED) is 0.717. The number of benzene rings is 1. The van der Waals surface area contributed by atoms with Crippen molar-refractivity contribution < 1.29 is 0 Å². The van der Waals surface area contributed by atoms with E-state index in [0.29, 0.717) is 5.69 Å². The summed E-state index contributed by atoms with van der Waals surface area (Å²) in [6, 6.07) is 4.36. The zero-order chi connectivity index (χ0) is 18.1. The Morgan fingerprint density at radius 2 is 1.35 bits per heavy atom. The molecule has 0 radical (unpaired) electrons. The Morgan fingerprint density at radius 1 is 0.913 bits per heavy atom. The summed E-state index contributed by atoms with van der Waals surface area (Å²) in [4.78, 5) is 11.6. The lowest BCUT2D eigenvalue weighted by molar-refractivity contribution is 0.393. The van der Waals surface area contributed by atoms with E-state index in [9.17, 15) is 4.91 Å². The fraction of sp³-hybridized carbons (Fsp3) is 0.700. The lowest BCUT2D eigenvalue weighted by Gasteiger charge is -2.29. The predicted molar refractivity (Wildman–Crippen MR) is 101 cm³/mol. The largest absolute Gasteiger partial charge is 0.315 e. The van der Waals surface area contributed by atoms with Crippen LogP contribution in [-0.4, -0.2) is 12.6 Å². The normalized spacial score (nSPS) is 13.3. The minimum Gasteiger partial charge on any atom is -0.315 e. The Hall–Kier alpha value is -1.22. The topological polar surface area (TPSA) is 41.5 Å². The van der Waals surface area contributed by atoms with Crippen LogP contribution in [0, 0.1) is 4.91 Å². The van der Waals surface area contributed by atoms with Gasteiger partial charge in [-0.25, -0.2) is 0 Å². The van der Waals surface area contributed by atoms with Crippen molar-refractivity contribution in [2.45, 2.75) is 84.6 Å². The van der Waals surface area contributed by atoms with E-state index in [1.165, 1.54) is 5.56 Å². The van der Waals surface area contributed by atoms with Gasteiger partial charge in [0.15, 0.2) is 0 Å². The molecule has 0 atom stereocenters. The van der Waals surface area contributed by atoms with Crippen LogP contribution in [0.5, 0.6) is 0 Å². The van der Waals surface area contributed by atoms with Crippen LogP contribution in [0.25, 0.3) is 0 Å². The monoisotopic (exact) mass is 318 g/mol. The van der Waals surface area contributed by atoms with E-state index in [1.807, 2.05) is 7.05 Å². The zero-order valence-corrected chi connectivity index (χ0v) is 16.4. The summed E-state index contributed by atoms with van der Waals surface area (Å²) < 4.78 is 0. The highest BCUT2D eigenvalue weighted by Gasteiger charge is 2.27. The maximum absolute atomic E-state index is 11.6. The number of nitrogens with zero attached hydrogens (tertiary/aromatic N) is 1. The zero-order valence-electron chi connectivity index (χ0n) is 16.4. The predicted octanol–water partition coefficient (Wildman–Crippen LogP) is 5.61. The van der Waals surface area contributed by atoms with Crippen molar-refractivity contribution in [3.8, 4) is 0 Å². The molecule has 0 unspecified atom stereocenters. The fourth-order valence-electron chi connectivity index (χ4n) is 2.66. The number of hydrogen-bond acceptors (Lipinski definition) is 3. The van der Waals surface area contributed by atoms with Crippen LogP contribution in [0.4, 0.5) is 5.69 Å². The first-order chi connectivity index (χ1) is 10.3. The molecule has 0 spiro atoms. The van der Waals surface area contributed by atoms with Gasteiger partial charge in [-0.2, -0.15) is 0 Å². The van der Waals surface area contributed by atoms with Gasteiger partial charge in [-0.3, -0.25) is 0 Å². The third-order valence-corrected chi connectivity index (χ3v) is 4.59. The average molecular weight is 319 g/mol. The molecule has 0 saturated carbocycles. The minimum atomic E-state index is -0.0994. The van der Waals surface area contributed by atoms with Crippen LogP contribution < -0.4 is 5.32 Å². The molecule has 3 nitrogen and oxygen atoms in total. The smallest absolute Gasteiger partial charge is 0.115 e. The second-order valence-electron chi connectivity index (χ2n) is 9.26. The van der Waals surface area contributed by atoms with Crippen molar-refractivity contribution in [2.75, 3.05) is 7.05 Å². The van der Waals surface area contributed by atoms with E-state index in [1.54, 1.807) is 0 Å². The summed E-state index contributed by atoms with van der Waals surface area (Å²) in [5.41, 5.74) is 3.92. The highest BCUT2D eigenvalue weighted by molar-refractivity contribution is 5.60. The van der Waals surface area contributed by atoms with Crippen LogP contribution >= 0.6 is 0 Å². The van der Waals surface area contributed by atoms with Gasteiger partial charge in [0.1, 0.15) is 5.69 Å². The van der Waals surface area contributed by atoms with E-state index in [4.69, 9.17) is 0 Å². The van der Waals surface area contributed by atoms with E-state index in [-0.39, 0.29) is 16.4 Å². The number of nitrogens with one attached hydrogen (secondary N) is 1. The van der Waals surface area contributed by atoms with Gasteiger partial charge in [-0.05, 0) is 66.4 Å². The van der Waals surface area contributed by atoms with Crippen LogP contribution in [0.1, 0.15) is 78.5 Å². The number of aryl methyl sites for hydroxylation is 1. The van der Waals surface area contributed by atoms with Gasteiger partial charge in [-0.1, -0.05) is 53.7 Å². The fourth-order valence-corrected chi connectivity index (χ4v) is 2.66. The molecular weight excluding hydrogens is 284 g/mol. The Labute approximate surface area is 142 Å². The van der Waals surface area contributed by atoms with Crippen LogP contribution in [0.15, 0.2) is 17.3 Å². The van der Waals surface area contributed by atoms with Crippen molar-refractivity contribution in [1.82, 2.24) is 5.32 Å². The van der Waals surface area contributed by atoms with E-state index in [0.717, 1.165) is 24.0 Å². The van der Waals surface area contributed by atoms with Crippen LogP contribution in [0.2, 0.25) is 0 Å². The Balaban J connectivity index is 3.42. The van der Waals surface area contributed by atoms with Crippen molar-refractivity contribution in [1.29, 1.82) is 0 Å². The number of rotatable bonds is 5. The molecule has 1 rings (SSSR count). The van der Waals surface area contributed by atoms with E-state index < -0.39 is 0 Å². The van der Waals surface area contributed by atoms with Crippen molar-refractivity contribution >= 4 is 5.69 Å². The lowest BCUT2D eigenvalue weighted by atomic mass is 9.77. The third kappa shape index (κ3) is 5.13. The second kappa shape index (κ2) is 6.72. The van der Waals surface area contributed by atoms with Gasteiger partial charge in [0.25, 0.3) is 0 Å². The van der Waals surface area contributed by atoms with Crippen molar-refractivity contribution in [2.24, 2.45) is 5.18 Å². The minimum absolute atomic E-state index is 0.0994. The molecule has 3 heteroatoms. The molecule has 130 valence electrons. The molecule has 0 aliphatic rings. The van der Waals surface area contributed by atoms with Gasteiger partial charge >= 0.3 is 0 Å². The maximum Gasteiger partial charge on any atom is 0.115 e. The highest BCUT2D eigenvalue weighted by Crippen LogP contribution is 2.41. The van der Waals surface area contributed by atoms with E-state index in [2.05, 4.69) is 78.0 Å². The highest BCUT2D eigenvalue weighted by atomic mass is 16.3. The summed E-state index contributed by atoms with van der Waals surface area (Å²) in [6.07, 6.45) is 2.03. The molecule has 0 amide bonds. The Kier molecular flexibility index (Phi) is 5.79. The first-order valence-corrected chi connectivity index (χ1v) is 8.52. The first kappa shape index (κ1) is 19.8. The van der Waals surface area contributed by atoms with Crippen LogP contribution in [0.3, 0.4) is 0 Å². The molecule has 0 saturated heterocycles. The molecule has 0 aliphatic heterocycles. The summed E-state index contributed by atoms with van der Waals surface area (Å²) in [7, 11) is 2.00. The van der Waals surface area contributed by atoms with Gasteiger partial charge in [-0.15, -0.1) is 4.91 Å². The van der Waals surface area contributed by atoms with Gasteiger partial charge in [0, 0.05) is 5.54 Å². The Bertz CT molecular complexity index is 525. The summed E-state index contributed by atoms with van der Waals surface area (Å²) in [5, 5.41) is 6.76. The van der Waals surface area contributed by atoms with E-state index >= 15 is 0 Å². The van der Waals surface area contributed by atoms with Gasteiger partial charge < -0.3 is 5.32 Å². The summed E-state index contributed by atoms with van der Waals surface area (Å²) in [5.74, 6) is 0. The average Bonchev–Trinajstić information content (AvgIpc) is 2.42. The summed E-state index contributed by atoms with van der Waals surface area (Å²) in [6.45, 7) is 17.3. The lowest BCUT2D eigenvalue weighted by Crippen LogP contribution is -2.36. The molecule has 0 aromatic heterocycles. The number of hydrogen-bond donors (Lipinski definition) is 1. The standard InChI is InChI=1S/C20H34N2O/c1-18(2,3)15-12-14(10-11-20(7,8)21-9)13-16(17(15)22-23)19(4,5)6/h12-13,21H,10-11H2,1-9H3. The molecule has 0 bridgehead atoms. The summed E-state index contributed by atoms with van der Waals surface area (Å²) >= 11 is 0. The number of nitroso groups, excluding NO2 is 1. The SMILES string of the molecule is CNC(C)(C)CCc1cc(C(C)(C)C)c(N=O)c(C(C)(C)C)c1. The molecule has 0 aliphatic carbocycles. The molecule has 0 heterocycles. The maximum atomic E-state index is 11.6. The molecule has 1 N–H and O–H groups in total. The molecule has 1 aromatic carbocycles.